The minimum atomic E-state index is -0.261. The van der Waals surface area contributed by atoms with Crippen molar-refractivity contribution in [3.63, 3.8) is 0 Å². The van der Waals surface area contributed by atoms with Gasteiger partial charge < -0.3 is 5.11 Å². The van der Waals surface area contributed by atoms with Crippen molar-refractivity contribution in [2.24, 2.45) is 0 Å². The number of hydrogen-bond acceptors (Lipinski definition) is 3. The third-order valence-corrected chi connectivity index (χ3v) is 1.86. The highest BCUT2D eigenvalue weighted by atomic mass is 16.3. The van der Waals surface area contributed by atoms with Crippen molar-refractivity contribution in [3.05, 3.63) is 41.5 Å². The molecule has 0 spiro atoms. The molecule has 0 aliphatic carbocycles. The highest BCUT2D eigenvalue weighted by molar-refractivity contribution is 5.88. The van der Waals surface area contributed by atoms with Crippen molar-refractivity contribution in [2.45, 2.75) is 6.42 Å². The standard InChI is InChI=1S/C11H10O3/c1-2-3-8-4-9(6-12)11(14)10(5-8)7-13/h2,4-7,14H,1,3H2. The summed E-state index contributed by atoms with van der Waals surface area (Å²) in [5.74, 6) is -0.261. The predicted octanol–water partition coefficient (Wildman–Crippen LogP) is 1.75. The third-order valence-electron chi connectivity index (χ3n) is 1.86. The van der Waals surface area contributed by atoms with Gasteiger partial charge in [0.25, 0.3) is 0 Å². The molecule has 0 atom stereocenters. The quantitative estimate of drug-likeness (QED) is 0.581. The number of aromatic hydroxyl groups is 1. The fourth-order valence-electron chi connectivity index (χ4n) is 1.21. The summed E-state index contributed by atoms with van der Waals surface area (Å²) in [4.78, 5) is 21.1. The molecule has 3 heteroatoms. The van der Waals surface area contributed by atoms with Crippen molar-refractivity contribution < 1.29 is 14.7 Å². The average Bonchev–Trinajstić information content (AvgIpc) is 2.20. The lowest BCUT2D eigenvalue weighted by atomic mass is 10.0. The van der Waals surface area contributed by atoms with E-state index < -0.39 is 0 Å². The fourth-order valence-corrected chi connectivity index (χ4v) is 1.21. The van der Waals surface area contributed by atoms with Crippen LogP contribution in [-0.4, -0.2) is 17.7 Å². The van der Waals surface area contributed by atoms with Gasteiger partial charge in [-0.05, 0) is 24.1 Å². The molecule has 0 heterocycles. The van der Waals surface area contributed by atoms with Gasteiger partial charge in [0.2, 0.25) is 0 Å². The first-order valence-corrected chi connectivity index (χ1v) is 4.10. The Kier molecular flexibility index (Phi) is 3.18. The van der Waals surface area contributed by atoms with Crippen molar-refractivity contribution in [1.82, 2.24) is 0 Å². The van der Waals surface area contributed by atoms with Crippen LogP contribution in [0.1, 0.15) is 26.3 Å². The molecular weight excluding hydrogens is 180 g/mol. The number of carbonyl (C=O) groups is 2. The van der Waals surface area contributed by atoms with Crippen LogP contribution in [0.15, 0.2) is 24.8 Å². The summed E-state index contributed by atoms with van der Waals surface area (Å²) < 4.78 is 0. The molecule has 1 aromatic rings. The molecule has 1 N–H and O–H groups in total. The lowest BCUT2D eigenvalue weighted by Crippen LogP contribution is -1.92. The lowest BCUT2D eigenvalue weighted by molar-refractivity contribution is 0.112. The zero-order chi connectivity index (χ0) is 10.6. The molecule has 0 unspecified atom stereocenters. The Hall–Kier alpha value is -1.90. The zero-order valence-corrected chi connectivity index (χ0v) is 7.56. The molecule has 0 saturated carbocycles. The highest BCUT2D eigenvalue weighted by Crippen LogP contribution is 2.22. The van der Waals surface area contributed by atoms with Gasteiger partial charge in [-0.15, -0.1) is 6.58 Å². The predicted molar refractivity (Wildman–Crippen MR) is 52.8 cm³/mol. The molecular formula is C11H10O3. The summed E-state index contributed by atoms with van der Waals surface area (Å²) in [5.41, 5.74) is 1.04. The summed E-state index contributed by atoms with van der Waals surface area (Å²) in [6, 6.07) is 3.08. The smallest absolute Gasteiger partial charge is 0.153 e. The zero-order valence-electron chi connectivity index (χ0n) is 7.56. The molecule has 14 heavy (non-hydrogen) atoms. The van der Waals surface area contributed by atoms with Gasteiger partial charge >= 0.3 is 0 Å². The SMILES string of the molecule is C=CCc1cc(C=O)c(O)c(C=O)c1. The monoisotopic (exact) mass is 190 g/mol. The number of phenolic OH excluding ortho intramolecular Hbond substituents is 1. The number of carbonyl (C=O) groups excluding carboxylic acids is 2. The summed E-state index contributed by atoms with van der Waals surface area (Å²) in [5, 5.41) is 9.39. The van der Waals surface area contributed by atoms with Crippen molar-refractivity contribution in [3.8, 4) is 5.75 Å². The molecule has 0 fully saturated rings. The number of rotatable bonds is 4. The fraction of sp³-hybridized carbons (Fsp3) is 0.0909. The van der Waals surface area contributed by atoms with Gasteiger partial charge in [0.05, 0.1) is 11.1 Å². The Labute approximate surface area is 81.7 Å². The van der Waals surface area contributed by atoms with Crippen LogP contribution >= 0.6 is 0 Å². The second kappa shape index (κ2) is 4.37. The molecule has 0 saturated heterocycles. The molecule has 0 amide bonds. The normalized spacial score (nSPS) is 9.43. The maximum absolute atomic E-state index is 10.6. The van der Waals surface area contributed by atoms with Crippen LogP contribution in [0, 0.1) is 0 Å². The summed E-state index contributed by atoms with van der Waals surface area (Å²) >= 11 is 0. The first kappa shape index (κ1) is 10.2. The second-order valence-electron chi connectivity index (χ2n) is 2.85. The first-order valence-electron chi connectivity index (χ1n) is 4.10. The Morgan fingerprint density at radius 2 is 1.71 bits per heavy atom. The topological polar surface area (TPSA) is 54.4 Å². The van der Waals surface area contributed by atoms with E-state index in [1.807, 2.05) is 0 Å². The third kappa shape index (κ3) is 1.88. The van der Waals surface area contributed by atoms with Crippen LogP contribution in [0.4, 0.5) is 0 Å². The Balaban J connectivity index is 3.30. The van der Waals surface area contributed by atoms with Crippen LogP contribution in [0.2, 0.25) is 0 Å². The van der Waals surface area contributed by atoms with Gasteiger partial charge in [0, 0.05) is 0 Å². The summed E-state index contributed by atoms with van der Waals surface area (Å²) in [7, 11) is 0. The van der Waals surface area contributed by atoms with E-state index in [4.69, 9.17) is 0 Å². The van der Waals surface area contributed by atoms with Crippen LogP contribution in [0.25, 0.3) is 0 Å². The number of hydrogen-bond donors (Lipinski definition) is 1. The Morgan fingerprint density at radius 1 is 1.21 bits per heavy atom. The van der Waals surface area contributed by atoms with Gasteiger partial charge in [0.1, 0.15) is 5.75 Å². The minimum Gasteiger partial charge on any atom is -0.506 e. The van der Waals surface area contributed by atoms with Crippen molar-refractivity contribution >= 4 is 12.6 Å². The molecule has 3 nitrogen and oxygen atoms in total. The van der Waals surface area contributed by atoms with Gasteiger partial charge in [0.15, 0.2) is 12.6 Å². The average molecular weight is 190 g/mol. The van der Waals surface area contributed by atoms with Crippen LogP contribution in [-0.2, 0) is 6.42 Å². The number of aldehydes is 2. The maximum Gasteiger partial charge on any atom is 0.153 e. The first-order chi connectivity index (χ1) is 6.72. The molecule has 1 rings (SSSR count). The van der Waals surface area contributed by atoms with E-state index in [0.29, 0.717) is 19.0 Å². The lowest BCUT2D eigenvalue weighted by Gasteiger charge is -2.04. The molecule has 0 aliphatic heterocycles. The van der Waals surface area contributed by atoms with Crippen LogP contribution < -0.4 is 0 Å². The van der Waals surface area contributed by atoms with E-state index >= 15 is 0 Å². The van der Waals surface area contributed by atoms with Crippen molar-refractivity contribution in [1.29, 1.82) is 0 Å². The van der Waals surface area contributed by atoms with Gasteiger partial charge in [-0.2, -0.15) is 0 Å². The maximum atomic E-state index is 10.6. The van der Waals surface area contributed by atoms with E-state index in [2.05, 4.69) is 6.58 Å². The van der Waals surface area contributed by atoms with E-state index in [9.17, 15) is 14.7 Å². The van der Waals surface area contributed by atoms with Crippen molar-refractivity contribution in [2.75, 3.05) is 0 Å². The second-order valence-corrected chi connectivity index (χ2v) is 2.85. The summed E-state index contributed by atoms with van der Waals surface area (Å²) in [6.45, 7) is 3.55. The van der Waals surface area contributed by atoms with E-state index in [1.165, 1.54) is 12.1 Å². The van der Waals surface area contributed by atoms with E-state index in [-0.39, 0.29) is 16.9 Å². The van der Waals surface area contributed by atoms with Crippen LogP contribution in [0.3, 0.4) is 0 Å². The largest absolute Gasteiger partial charge is 0.506 e. The molecule has 0 bridgehead atoms. The molecule has 1 aromatic carbocycles. The molecule has 0 radical (unpaired) electrons. The summed E-state index contributed by atoms with van der Waals surface area (Å²) in [6.07, 6.45) is 3.27. The number of benzene rings is 1. The number of allylic oxidation sites excluding steroid dienone is 1. The number of phenols is 1. The van der Waals surface area contributed by atoms with Gasteiger partial charge in [-0.3, -0.25) is 9.59 Å². The molecule has 72 valence electrons. The molecule has 0 aliphatic rings. The van der Waals surface area contributed by atoms with E-state index in [0.717, 1.165) is 5.56 Å². The van der Waals surface area contributed by atoms with Gasteiger partial charge in [-0.1, -0.05) is 6.08 Å². The minimum absolute atomic E-state index is 0.131. The van der Waals surface area contributed by atoms with Gasteiger partial charge in [-0.25, -0.2) is 0 Å². The Morgan fingerprint density at radius 3 is 2.07 bits per heavy atom. The van der Waals surface area contributed by atoms with Crippen LogP contribution in [0.5, 0.6) is 5.75 Å². The highest BCUT2D eigenvalue weighted by Gasteiger charge is 2.07. The Bertz CT molecular complexity index is 351. The molecule has 0 aromatic heterocycles. The van der Waals surface area contributed by atoms with E-state index in [1.54, 1.807) is 6.08 Å².